The Morgan fingerprint density at radius 2 is 1.28 bits per heavy atom. The van der Waals surface area contributed by atoms with Crippen LogP contribution in [0.25, 0.3) is 0 Å². The summed E-state index contributed by atoms with van der Waals surface area (Å²) in [6.45, 7) is 7.03. The van der Waals surface area contributed by atoms with Crippen molar-refractivity contribution in [2.75, 3.05) is 7.11 Å². The number of methoxy groups -OCH3 is 1. The Morgan fingerprint density at radius 3 is 1.77 bits per heavy atom. The third kappa shape index (κ3) is 7.27. The van der Waals surface area contributed by atoms with Gasteiger partial charge in [-0.1, -0.05) is 47.5 Å². The fourth-order valence-electron chi connectivity index (χ4n) is 4.72. The Bertz CT molecular complexity index is 1540. The lowest BCUT2D eigenvalue weighted by molar-refractivity contribution is -0.242. The lowest BCUT2D eigenvalue weighted by atomic mass is 10.1. The Morgan fingerprint density at radius 1 is 0.767 bits per heavy atom. The molecule has 3 aromatic rings. The molecule has 2 heterocycles. The van der Waals surface area contributed by atoms with Crippen molar-refractivity contribution in [3.05, 3.63) is 89.5 Å². The molecule has 0 aliphatic carbocycles. The molecule has 5 rings (SSSR count). The monoisotopic (exact) mass is 634 g/mol. The standard InChI is InChI=1S/C30H34O11S2/c1-19-6-14-23(15-7-19)42(31,32)40-29(41-43(33,34)24-16-8-20(2)9-17-24)26-25(27-28(37-26)39-30(3,4)38-27)36-18-21-10-12-22(35-5)13-11-21/h6-17,25-29H,18H2,1-5H3/t25-,26+,27+,28-/m1/s1. The Labute approximate surface area is 251 Å². The Balaban J connectivity index is 1.49. The van der Waals surface area contributed by atoms with Crippen LogP contribution in [0.5, 0.6) is 5.75 Å². The maximum Gasteiger partial charge on any atom is 0.299 e. The molecule has 2 aliphatic heterocycles. The summed E-state index contributed by atoms with van der Waals surface area (Å²) in [6.07, 6.45) is -6.32. The van der Waals surface area contributed by atoms with Gasteiger partial charge in [0.25, 0.3) is 20.2 Å². The van der Waals surface area contributed by atoms with Gasteiger partial charge in [-0.15, -0.1) is 0 Å². The van der Waals surface area contributed by atoms with Crippen LogP contribution in [0.15, 0.2) is 82.6 Å². The third-order valence-corrected chi connectivity index (χ3v) is 9.54. The van der Waals surface area contributed by atoms with Gasteiger partial charge >= 0.3 is 0 Å². The van der Waals surface area contributed by atoms with E-state index < -0.39 is 56.9 Å². The van der Waals surface area contributed by atoms with Crippen LogP contribution in [-0.4, -0.2) is 60.6 Å². The molecule has 43 heavy (non-hydrogen) atoms. The summed E-state index contributed by atoms with van der Waals surface area (Å²) in [7, 11) is -7.52. The van der Waals surface area contributed by atoms with Crippen molar-refractivity contribution in [2.24, 2.45) is 0 Å². The quantitative estimate of drug-likeness (QED) is 0.222. The number of benzene rings is 3. The normalized spacial score (nSPS) is 23.4. The van der Waals surface area contributed by atoms with Crippen molar-refractivity contribution in [1.29, 1.82) is 0 Å². The molecule has 13 heteroatoms. The minimum Gasteiger partial charge on any atom is -0.497 e. The number of rotatable bonds is 11. The smallest absolute Gasteiger partial charge is 0.299 e. The van der Waals surface area contributed by atoms with Crippen molar-refractivity contribution < 1.29 is 48.9 Å². The highest BCUT2D eigenvalue weighted by molar-refractivity contribution is 7.87. The first kappa shape index (κ1) is 31.5. The first-order chi connectivity index (χ1) is 20.3. The first-order valence-electron chi connectivity index (χ1n) is 13.5. The second-order valence-electron chi connectivity index (χ2n) is 10.8. The van der Waals surface area contributed by atoms with Crippen LogP contribution < -0.4 is 4.74 Å². The molecular weight excluding hydrogens is 600 g/mol. The molecule has 0 radical (unpaired) electrons. The highest BCUT2D eigenvalue weighted by atomic mass is 32.2. The van der Waals surface area contributed by atoms with Crippen LogP contribution in [0.2, 0.25) is 0 Å². The molecule has 3 aromatic carbocycles. The van der Waals surface area contributed by atoms with E-state index in [0.717, 1.165) is 16.7 Å². The SMILES string of the molecule is COc1ccc(CO[C@H]2[C@@H]3OC(C)(C)O[C@H]3O[C@@H]2C(OS(=O)(=O)c2ccc(C)cc2)OS(=O)(=O)c2ccc(C)cc2)cc1. The number of hydrogen-bond donors (Lipinski definition) is 0. The van der Waals surface area contributed by atoms with E-state index in [9.17, 15) is 16.8 Å². The van der Waals surface area contributed by atoms with Crippen molar-refractivity contribution in [2.45, 2.75) is 80.8 Å². The number of aryl methyl sites for hydroxylation is 2. The maximum atomic E-state index is 13.4. The molecule has 2 fully saturated rings. The summed E-state index contributed by atoms with van der Waals surface area (Å²) >= 11 is 0. The zero-order valence-electron chi connectivity index (χ0n) is 24.3. The van der Waals surface area contributed by atoms with Gasteiger partial charge in [0.05, 0.1) is 23.5 Å². The summed E-state index contributed by atoms with van der Waals surface area (Å²) in [6, 6.07) is 18.9. The van der Waals surface area contributed by atoms with Crippen molar-refractivity contribution in [3.8, 4) is 5.75 Å². The first-order valence-corrected chi connectivity index (χ1v) is 16.3. The van der Waals surface area contributed by atoms with E-state index in [4.69, 9.17) is 32.1 Å². The molecule has 0 N–H and O–H groups in total. The van der Waals surface area contributed by atoms with Gasteiger partial charge in [-0.25, -0.2) is 8.37 Å². The van der Waals surface area contributed by atoms with Gasteiger partial charge in [-0.05, 0) is 69.7 Å². The van der Waals surface area contributed by atoms with Crippen LogP contribution in [0.4, 0.5) is 0 Å². The third-order valence-electron chi connectivity index (χ3n) is 6.96. The van der Waals surface area contributed by atoms with E-state index in [1.54, 1.807) is 83.3 Å². The second kappa shape index (κ2) is 12.3. The fourth-order valence-corrected chi connectivity index (χ4v) is 6.73. The van der Waals surface area contributed by atoms with E-state index in [1.807, 2.05) is 0 Å². The fraction of sp³-hybridized carbons (Fsp3) is 0.400. The summed E-state index contributed by atoms with van der Waals surface area (Å²) in [5.74, 6) is -0.383. The molecule has 0 amide bonds. The van der Waals surface area contributed by atoms with Gasteiger partial charge in [-0.2, -0.15) is 16.8 Å². The molecule has 2 aliphatic rings. The predicted octanol–water partition coefficient (Wildman–Crippen LogP) is 4.21. The Kier molecular flexibility index (Phi) is 8.99. The summed E-state index contributed by atoms with van der Waals surface area (Å²) in [5, 5.41) is 0. The van der Waals surface area contributed by atoms with E-state index in [1.165, 1.54) is 24.3 Å². The summed E-state index contributed by atoms with van der Waals surface area (Å²) < 4.78 is 94.0. The summed E-state index contributed by atoms with van der Waals surface area (Å²) in [5.41, 5.74) is 2.41. The number of hydrogen-bond acceptors (Lipinski definition) is 11. The lowest BCUT2D eigenvalue weighted by Gasteiger charge is -2.30. The number of fused-ring (bicyclic) bond motifs is 1. The highest BCUT2D eigenvalue weighted by Crippen LogP contribution is 2.41. The van der Waals surface area contributed by atoms with Gasteiger partial charge in [0, 0.05) is 0 Å². The lowest BCUT2D eigenvalue weighted by Crippen LogP contribution is -2.46. The molecule has 0 aromatic heterocycles. The van der Waals surface area contributed by atoms with Gasteiger partial charge in [-0.3, -0.25) is 0 Å². The van der Waals surface area contributed by atoms with Crippen LogP contribution in [0.1, 0.15) is 30.5 Å². The molecule has 0 saturated carbocycles. The van der Waals surface area contributed by atoms with Gasteiger partial charge in [0.15, 0.2) is 12.1 Å². The van der Waals surface area contributed by atoms with E-state index in [0.29, 0.717) is 5.75 Å². The average molecular weight is 635 g/mol. The molecular formula is C30H34O11S2. The van der Waals surface area contributed by atoms with Crippen LogP contribution >= 0.6 is 0 Å². The predicted molar refractivity (Wildman–Crippen MR) is 153 cm³/mol. The molecule has 2 saturated heterocycles. The zero-order chi connectivity index (χ0) is 31.0. The highest BCUT2D eigenvalue weighted by Gasteiger charge is 2.59. The molecule has 0 spiro atoms. The second-order valence-corrected chi connectivity index (χ2v) is 13.9. The van der Waals surface area contributed by atoms with Crippen LogP contribution in [0, 0.1) is 13.8 Å². The zero-order valence-corrected chi connectivity index (χ0v) is 26.0. The summed E-state index contributed by atoms with van der Waals surface area (Å²) in [4.78, 5) is -0.385. The van der Waals surface area contributed by atoms with Crippen LogP contribution in [-0.2, 0) is 54.2 Å². The van der Waals surface area contributed by atoms with Crippen LogP contribution in [0.3, 0.4) is 0 Å². The van der Waals surface area contributed by atoms with Crippen molar-refractivity contribution in [3.63, 3.8) is 0 Å². The number of ether oxygens (including phenoxy) is 5. The van der Waals surface area contributed by atoms with E-state index in [2.05, 4.69) is 0 Å². The van der Waals surface area contributed by atoms with E-state index in [-0.39, 0.29) is 16.4 Å². The largest absolute Gasteiger partial charge is 0.497 e. The maximum absolute atomic E-state index is 13.4. The average Bonchev–Trinajstić information content (AvgIpc) is 3.43. The molecule has 4 atom stereocenters. The minimum absolute atomic E-state index is 0.0453. The Hall–Kier alpha value is -2.88. The van der Waals surface area contributed by atoms with Gasteiger partial charge < -0.3 is 23.7 Å². The van der Waals surface area contributed by atoms with Gasteiger partial charge in [0.1, 0.15) is 24.1 Å². The molecule has 0 bridgehead atoms. The van der Waals surface area contributed by atoms with Gasteiger partial charge in [0.2, 0.25) is 6.29 Å². The van der Waals surface area contributed by atoms with E-state index >= 15 is 0 Å². The topological polar surface area (TPSA) is 133 Å². The van der Waals surface area contributed by atoms with Crippen molar-refractivity contribution in [1.82, 2.24) is 0 Å². The molecule has 0 unspecified atom stereocenters. The molecule has 11 nitrogen and oxygen atoms in total. The molecule has 232 valence electrons. The minimum atomic E-state index is -4.54. The van der Waals surface area contributed by atoms with Crippen molar-refractivity contribution >= 4 is 20.2 Å².